The molecular weight excluding hydrogens is 284 g/mol. The van der Waals surface area contributed by atoms with Crippen molar-refractivity contribution in [3.8, 4) is 11.3 Å². The lowest BCUT2D eigenvalue weighted by Gasteiger charge is -2.21. The third kappa shape index (κ3) is 2.07. The third-order valence-electron chi connectivity index (χ3n) is 3.82. The van der Waals surface area contributed by atoms with Crippen molar-refractivity contribution in [3.63, 3.8) is 0 Å². The Morgan fingerprint density at radius 1 is 1.23 bits per heavy atom. The van der Waals surface area contributed by atoms with Gasteiger partial charge in [-0.05, 0) is 24.1 Å². The Kier molecular flexibility index (Phi) is 3.05. The SMILES string of the molecule is Cn1nc(C=O)cc1-c1ccc([C@@]2(C)NC(=O)NC2=O)cc1. The monoisotopic (exact) mass is 298 g/mol. The molecule has 7 nitrogen and oxygen atoms in total. The Hall–Kier alpha value is -2.96. The number of aromatic nitrogens is 2. The van der Waals surface area contributed by atoms with Crippen LogP contribution in [0.25, 0.3) is 11.3 Å². The van der Waals surface area contributed by atoms with Gasteiger partial charge in [0.05, 0.1) is 5.69 Å². The molecule has 1 aromatic carbocycles. The summed E-state index contributed by atoms with van der Waals surface area (Å²) >= 11 is 0. The van der Waals surface area contributed by atoms with Gasteiger partial charge in [0.2, 0.25) is 0 Å². The number of aldehydes is 1. The van der Waals surface area contributed by atoms with E-state index in [0.29, 0.717) is 17.5 Å². The number of nitrogens with zero attached hydrogens (tertiary/aromatic N) is 2. The summed E-state index contributed by atoms with van der Waals surface area (Å²) in [4.78, 5) is 34.0. The highest BCUT2D eigenvalue weighted by molar-refractivity contribution is 6.07. The van der Waals surface area contributed by atoms with Gasteiger partial charge in [0, 0.05) is 7.05 Å². The Labute approximate surface area is 126 Å². The maximum Gasteiger partial charge on any atom is 0.322 e. The summed E-state index contributed by atoms with van der Waals surface area (Å²) in [7, 11) is 1.75. The van der Waals surface area contributed by atoms with Crippen molar-refractivity contribution < 1.29 is 14.4 Å². The molecule has 0 saturated carbocycles. The van der Waals surface area contributed by atoms with Gasteiger partial charge < -0.3 is 5.32 Å². The van der Waals surface area contributed by atoms with Crippen molar-refractivity contribution in [2.75, 3.05) is 0 Å². The van der Waals surface area contributed by atoms with Crippen LogP contribution in [0.15, 0.2) is 30.3 Å². The number of hydrogen-bond donors (Lipinski definition) is 2. The molecule has 22 heavy (non-hydrogen) atoms. The van der Waals surface area contributed by atoms with Crippen molar-refractivity contribution >= 4 is 18.2 Å². The summed E-state index contributed by atoms with van der Waals surface area (Å²) in [5.74, 6) is -0.381. The zero-order valence-electron chi connectivity index (χ0n) is 12.1. The highest BCUT2D eigenvalue weighted by Crippen LogP contribution is 2.27. The van der Waals surface area contributed by atoms with Crippen molar-refractivity contribution in [1.82, 2.24) is 20.4 Å². The number of imide groups is 1. The van der Waals surface area contributed by atoms with Crippen LogP contribution >= 0.6 is 0 Å². The number of carbonyl (C=O) groups is 3. The van der Waals surface area contributed by atoms with Crippen molar-refractivity contribution in [2.24, 2.45) is 7.05 Å². The first-order valence-electron chi connectivity index (χ1n) is 6.68. The fourth-order valence-electron chi connectivity index (χ4n) is 2.54. The summed E-state index contributed by atoms with van der Waals surface area (Å²) in [6, 6.07) is 8.38. The minimum Gasteiger partial charge on any atom is -0.320 e. The predicted octanol–water partition coefficient (Wildman–Crippen LogP) is 0.954. The average molecular weight is 298 g/mol. The van der Waals surface area contributed by atoms with Gasteiger partial charge in [0.25, 0.3) is 5.91 Å². The minimum atomic E-state index is -1.07. The number of urea groups is 1. The Bertz CT molecular complexity index is 779. The van der Waals surface area contributed by atoms with Crippen LogP contribution in [0, 0.1) is 0 Å². The van der Waals surface area contributed by atoms with Crippen LogP contribution in [0.4, 0.5) is 4.79 Å². The van der Waals surface area contributed by atoms with Gasteiger partial charge in [-0.3, -0.25) is 19.6 Å². The molecule has 2 N–H and O–H groups in total. The Balaban J connectivity index is 1.96. The molecule has 0 radical (unpaired) electrons. The fourth-order valence-corrected chi connectivity index (χ4v) is 2.54. The summed E-state index contributed by atoms with van der Waals surface area (Å²) in [6.07, 6.45) is 0.692. The molecular formula is C15H14N4O3. The van der Waals surface area contributed by atoms with E-state index in [-0.39, 0.29) is 5.91 Å². The maximum absolute atomic E-state index is 11.9. The fraction of sp³-hybridized carbons (Fsp3) is 0.200. The van der Waals surface area contributed by atoms with Crippen molar-refractivity contribution in [2.45, 2.75) is 12.5 Å². The number of hydrogen-bond acceptors (Lipinski definition) is 4. The van der Waals surface area contributed by atoms with Gasteiger partial charge in [0.1, 0.15) is 11.2 Å². The molecule has 1 aliphatic rings. The van der Waals surface area contributed by atoms with Gasteiger partial charge >= 0.3 is 6.03 Å². The highest BCUT2D eigenvalue weighted by Gasteiger charge is 2.43. The summed E-state index contributed by atoms with van der Waals surface area (Å²) in [6.45, 7) is 1.65. The number of carbonyl (C=O) groups excluding carboxylic acids is 3. The van der Waals surface area contributed by atoms with E-state index in [1.165, 1.54) is 0 Å². The van der Waals surface area contributed by atoms with Gasteiger partial charge in [-0.2, -0.15) is 5.10 Å². The molecule has 3 rings (SSSR count). The van der Waals surface area contributed by atoms with E-state index in [4.69, 9.17) is 0 Å². The van der Waals surface area contributed by atoms with Crippen LogP contribution in [0.3, 0.4) is 0 Å². The van der Waals surface area contributed by atoms with Gasteiger partial charge in [-0.15, -0.1) is 0 Å². The molecule has 7 heteroatoms. The topological polar surface area (TPSA) is 93.1 Å². The number of aryl methyl sites for hydroxylation is 1. The molecule has 0 unspecified atom stereocenters. The van der Waals surface area contributed by atoms with Crippen LogP contribution in [-0.4, -0.2) is 28.0 Å². The second kappa shape index (κ2) is 4.80. The maximum atomic E-state index is 11.9. The lowest BCUT2D eigenvalue weighted by Crippen LogP contribution is -2.40. The third-order valence-corrected chi connectivity index (χ3v) is 3.82. The molecule has 1 saturated heterocycles. The molecule has 1 fully saturated rings. The second-order valence-electron chi connectivity index (χ2n) is 5.31. The molecule has 1 aromatic heterocycles. The van der Waals surface area contributed by atoms with Gasteiger partial charge in [0.15, 0.2) is 6.29 Å². The molecule has 0 bridgehead atoms. The largest absolute Gasteiger partial charge is 0.322 e. The van der Waals surface area contributed by atoms with Crippen LogP contribution in [0.5, 0.6) is 0 Å². The van der Waals surface area contributed by atoms with Gasteiger partial charge in [-0.25, -0.2) is 4.79 Å². The van der Waals surface area contributed by atoms with Crippen LogP contribution in [0.1, 0.15) is 23.0 Å². The van der Waals surface area contributed by atoms with Crippen LogP contribution < -0.4 is 10.6 Å². The van der Waals surface area contributed by atoms with Crippen LogP contribution in [0.2, 0.25) is 0 Å². The van der Waals surface area contributed by atoms with E-state index in [1.807, 2.05) is 12.1 Å². The average Bonchev–Trinajstić information content (AvgIpc) is 2.99. The Morgan fingerprint density at radius 2 is 1.91 bits per heavy atom. The van der Waals surface area contributed by atoms with E-state index in [2.05, 4.69) is 15.7 Å². The number of benzene rings is 1. The quantitative estimate of drug-likeness (QED) is 0.652. The molecule has 0 spiro atoms. The number of nitrogens with one attached hydrogen (secondary N) is 2. The van der Waals surface area contributed by atoms with E-state index in [1.54, 1.807) is 36.9 Å². The molecule has 3 amide bonds. The number of rotatable bonds is 3. The zero-order valence-corrected chi connectivity index (χ0v) is 12.1. The van der Waals surface area contributed by atoms with E-state index >= 15 is 0 Å². The van der Waals surface area contributed by atoms with Crippen LogP contribution in [-0.2, 0) is 17.4 Å². The number of amides is 3. The molecule has 0 aliphatic carbocycles. The molecule has 2 aromatic rings. The van der Waals surface area contributed by atoms with Crippen molar-refractivity contribution in [3.05, 3.63) is 41.6 Å². The summed E-state index contributed by atoms with van der Waals surface area (Å²) in [5.41, 5.74) is 1.61. The first kappa shape index (κ1) is 14.0. The molecule has 2 heterocycles. The van der Waals surface area contributed by atoms with Gasteiger partial charge in [-0.1, -0.05) is 24.3 Å². The van der Waals surface area contributed by atoms with E-state index in [9.17, 15) is 14.4 Å². The second-order valence-corrected chi connectivity index (χ2v) is 5.31. The Morgan fingerprint density at radius 3 is 2.41 bits per heavy atom. The predicted molar refractivity (Wildman–Crippen MR) is 78.1 cm³/mol. The molecule has 112 valence electrons. The molecule has 1 atom stereocenters. The summed E-state index contributed by atoms with van der Waals surface area (Å²) < 4.78 is 1.62. The van der Waals surface area contributed by atoms with E-state index < -0.39 is 11.6 Å². The van der Waals surface area contributed by atoms with Crippen molar-refractivity contribution in [1.29, 1.82) is 0 Å². The normalized spacial score (nSPS) is 20.6. The smallest absolute Gasteiger partial charge is 0.320 e. The lowest BCUT2D eigenvalue weighted by molar-refractivity contribution is -0.123. The standard InChI is InChI=1S/C15H14N4O3/c1-15(13(21)16-14(22)17-15)10-5-3-9(4-6-10)12-7-11(8-20)18-19(12)2/h3-8H,1-2H3,(H2,16,17,21,22)/t15-/m1/s1. The highest BCUT2D eigenvalue weighted by atomic mass is 16.2. The van der Waals surface area contributed by atoms with E-state index in [0.717, 1.165) is 11.3 Å². The first-order valence-corrected chi connectivity index (χ1v) is 6.68. The lowest BCUT2D eigenvalue weighted by atomic mass is 9.91. The zero-order chi connectivity index (χ0) is 15.9. The molecule has 1 aliphatic heterocycles. The first-order chi connectivity index (χ1) is 10.4. The minimum absolute atomic E-state index is 0.357. The summed E-state index contributed by atoms with van der Waals surface area (Å²) in [5, 5.41) is 8.92.